The fourth-order valence-corrected chi connectivity index (χ4v) is 4.19. The molecule has 0 saturated carbocycles. The fourth-order valence-electron chi connectivity index (χ4n) is 4.19. The Labute approximate surface area is 136 Å². The van der Waals surface area contributed by atoms with Crippen molar-refractivity contribution in [1.29, 1.82) is 0 Å². The lowest BCUT2D eigenvalue weighted by atomic mass is 9.85. The van der Waals surface area contributed by atoms with Crippen LogP contribution in [0.2, 0.25) is 0 Å². The molecule has 2 aliphatic rings. The van der Waals surface area contributed by atoms with Crippen molar-refractivity contribution in [2.24, 2.45) is 0 Å². The minimum Gasteiger partial charge on any atom is -0.497 e. The Kier molecular flexibility index (Phi) is 3.60. The first-order valence-corrected chi connectivity index (χ1v) is 8.25. The van der Waals surface area contributed by atoms with Crippen LogP contribution >= 0.6 is 0 Å². The van der Waals surface area contributed by atoms with Gasteiger partial charge in [0.15, 0.2) is 0 Å². The number of piperidine rings is 1. The minimum absolute atomic E-state index is 0.124. The summed E-state index contributed by atoms with van der Waals surface area (Å²) in [6.07, 6.45) is 7.44. The van der Waals surface area contributed by atoms with Crippen molar-refractivity contribution in [3.8, 4) is 5.75 Å². The fraction of sp³-hybridized carbons (Fsp3) is 0.421. The van der Waals surface area contributed by atoms with Gasteiger partial charge in [-0.15, -0.1) is 0 Å². The summed E-state index contributed by atoms with van der Waals surface area (Å²) in [5, 5.41) is 0. The average Bonchev–Trinajstić information content (AvgIpc) is 3.21. The van der Waals surface area contributed by atoms with E-state index in [-0.39, 0.29) is 5.91 Å². The number of carbonyl (C=O) groups is 1. The lowest BCUT2D eigenvalue weighted by molar-refractivity contribution is 0.0571. The van der Waals surface area contributed by atoms with Crippen LogP contribution in [0.15, 0.2) is 47.3 Å². The maximum Gasteiger partial charge on any atom is 0.257 e. The van der Waals surface area contributed by atoms with Crippen molar-refractivity contribution in [2.75, 3.05) is 7.11 Å². The zero-order valence-corrected chi connectivity index (χ0v) is 13.3. The van der Waals surface area contributed by atoms with Crippen LogP contribution < -0.4 is 4.74 Å². The van der Waals surface area contributed by atoms with Gasteiger partial charge >= 0.3 is 0 Å². The zero-order chi connectivity index (χ0) is 15.8. The Morgan fingerprint density at radius 3 is 2.39 bits per heavy atom. The maximum atomic E-state index is 12.7. The Hall–Kier alpha value is -2.23. The van der Waals surface area contributed by atoms with E-state index in [0.29, 0.717) is 23.6 Å². The van der Waals surface area contributed by atoms with Gasteiger partial charge < -0.3 is 14.1 Å². The third-order valence-electron chi connectivity index (χ3n) is 5.32. The summed E-state index contributed by atoms with van der Waals surface area (Å²) in [5.41, 5.74) is 2.03. The molecule has 3 atom stereocenters. The Morgan fingerprint density at radius 2 is 1.83 bits per heavy atom. The molecule has 1 aromatic carbocycles. The lowest BCUT2D eigenvalue weighted by Crippen LogP contribution is -2.45. The second-order valence-corrected chi connectivity index (χ2v) is 6.55. The summed E-state index contributed by atoms with van der Waals surface area (Å²) in [6.45, 7) is 0. The maximum absolute atomic E-state index is 12.7. The molecule has 4 heteroatoms. The number of ether oxygens (including phenoxy) is 1. The van der Waals surface area contributed by atoms with Crippen LogP contribution in [0.5, 0.6) is 5.75 Å². The number of carbonyl (C=O) groups excluding carboxylic acids is 1. The predicted molar refractivity (Wildman–Crippen MR) is 86.7 cm³/mol. The van der Waals surface area contributed by atoms with E-state index in [4.69, 9.17) is 9.15 Å². The van der Waals surface area contributed by atoms with E-state index in [1.54, 1.807) is 25.7 Å². The molecule has 2 aliphatic heterocycles. The molecule has 0 spiro atoms. The standard InChI is InChI=1S/C19H21NO3/c1-22-18-6-2-13(3-7-18)15-10-16-4-5-17(11-15)20(16)19(21)14-8-9-23-12-14/h2-3,6-9,12,15-17H,4-5,10-11H2,1H3/t15?,16-,17+. The van der Waals surface area contributed by atoms with Gasteiger partial charge in [-0.3, -0.25) is 4.79 Å². The third kappa shape index (κ3) is 2.52. The van der Waals surface area contributed by atoms with E-state index in [9.17, 15) is 4.79 Å². The van der Waals surface area contributed by atoms with E-state index in [1.165, 1.54) is 5.56 Å². The normalized spacial score (nSPS) is 26.3. The molecule has 120 valence electrons. The number of amides is 1. The highest BCUT2D eigenvalue weighted by Gasteiger charge is 2.43. The quantitative estimate of drug-likeness (QED) is 0.865. The Bertz CT molecular complexity index is 663. The van der Waals surface area contributed by atoms with Crippen LogP contribution in [-0.4, -0.2) is 30.0 Å². The number of benzene rings is 1. The topological polar surface area (TPSA) is 42.7 Å². The van der Waals surface area contributed by atoms with Crippen LogP contribution in [0.4, 0.5) is 0 Å². The molecule has 2 aromatic rings. The van der Waals surface area contributed by atoms with E-state index in [1.807, 2.05) is 12.1 Å². The number of methoxy groups -OCH3 is 1. The molecule has 3 heterocycles. The first-order valence-electron chi connectivity index (χ1n) is 8.25. The van der Waals surface area contributed by atoms with Crippen LogP contribution in [0.1, 0.15) is 47.5 Å². The van der Waals surface area contributed by atoms with Gasteiger partial charge in [0.25, 0.3) is 5.91 Å². The van der Waals surface area contributed by atoms with Gasteiger partial charge in [0.05, 0.1) is 18.9 Å². The molecule has 1 aromatic heterocycles. The van der Waals surface area contributed by atoms with Gasteiger partial charge in [0, 0.05) is 12.1 Å². The highest BCUT2D eigenvalue weighted by Crippen LogP contribution is 2.43. The molecule has 2 saturated heterocycles. The molecule has 0 N–H and O–H groups in total. The van der Waals surface area contributed by atoms with Crippen LogP contribution in [-0.2, 0) is 0 Å². The molecule has 1 amide bonds. The van der Waals surface area contributed by atoms with Gasteiger partial charge in [-0.05, 0) is 55.4 Å². The Balaban J connectivity index is 1.52. The third-order valence-corrected chi connectivity index (χ3v) is 5.32. The Morgan fingerprint density at radius 1 is 1.13 bits per heavy atom. The van der Waals surface area contributed by atoms with Gasteiger partial charge in [-0.2, -0.15) is 0 Å². The van der Waals surface area contributed by atoms with E-state index >= 15 is 0 Å². The number of rotatable bonds is 3. The molecule has 2 fully saturated rings. The molecule has 2 bridgehead atoms. The number of fused-ring (bicyclic) bond motifs is 2. The molecule has 23 heavy (non-hydrogen) atoms. The molecular formula is C19H21NO3. The van der Waals surface area contributed by atoms with Gasteiger partial charge in [0.1, 0.15) is 12.0 Å². The number of hydrogen-bond acceptors (Lipinski definition) is 3. The number of nitrogens with zero attached hydrogens (tertiary/aromatic N) is 1. The van der Waals surface area contributed by atoms with Gasteiger partial charge in [-0.1, -0.05) is 12.1 Å². The van der Waals surface area contributed by atoms with Crippen LogP contribution in [0.3, 0.4) is 0 Å². The first-order chi connectivity index (χ1) is 11.3. The monoisotopic (exact) mass is 311 g/mol. The van der Waals surface area contributed by atoms with Gasteiger partial charge in [-0.25, -0.2) is 0 Å². The van der Waals surface area contributed by atoms with Crippen LogP contribution in [0, 0.1) is 0 Å². The largest absolute Gasteiger partial charge is 0.497 e. The predicted octanol–water partition coefficient (Wildman–Crippen LogP) is 3.84. The number of furan rings is 1. The molecule has 0 aliphatic carbocycles. The van der Waals surface area contributed by atoms with Crippen molar-refractivity contribution < 1.29 is 13.9 Å². The summed E-state index contributed by atoms with van der Waals surface area (Å²) in [7, 11) is 1.69. The van der Waals surface area contributed by atoms with Crippen molar-refractivity contribution in [2.45, 2.75) is 43.7 Å². The lowest BCUT2D eigenvalue weighted by Gasteiger charge is -2.39. The van der Waals surface area contributed by atoms with Crippen molar-refractivity contribution in [3.63, 3.8) is 0 Å². The second kappa shape index (κ2) is 5.76. The van der Waals surface area contributed by atoms with Crippen molar-refractivity contribution in [3.05, 3.63) is 54.0 Å². The van der Waals surface area contributed by atoms with E-state index in [0.717, 1.165) is 31.4 Å². The minimum atomic E-state index is 0.124. The summed E-state index contributed by atoms with van der Waals surface area (Å²) < 4.78 is 10.3. The highest BCUT2D eigenvalue weighted by molar-refractivity contribution is 5.94. The molecule has 0 radical (unpaired) electrons. The smallest absolute Gasteiger partial charge is 0.257 e. The molecule has 4 nitrogen and oxygen atoms in total. The summed E-state index contributed by atoms with van der Waals surface area (Å²) >= 11 is 0. The average molecular weight is 311 g/mol. The summed E-state index contributed by atoms with van der Waals surface area (Å²) in [4.78, 5) is 14.8. The zero-order valence-electron chi connectivity index (χ0n) is 13.3. The number of hydrogen-bond donors (Lipinski definition) is 0. The molecular weight excluding hydrogens is 290 g/mol. The molecule has 1 unspecified atom stereocenters. The van der Waals surface area contributed by atoms with E-state index in [2.05, 4.69) is 17.0 Å². The molecule has 4 rings (SSSR count). The first kappa shape index (κ1) is 14.4. The van der Waals surface area contributed by atoms with E-state index < -0.39 is 0 Å². The highest BCUT2D eigenvalue weighted by atomic mass is 16.5. The van der Waals surface area contributed by atoms with Crippen LogP contribution in [0.25, 0.3) is 0 Å². The van der Waals surface area contributed by atoms with Gasteiger partial charge in [0.2, 0.25) is 0 Å². The SMILES string of the molecule is COc1ccc(C2C[C@H]3CC[C@@H](C2)N3C(=O)c2ccoc2)cc1. The van der Waals surface area contributed by atoms with Crippen molar-refractivity contribution >= 4 is 5.91 Å². The second-order valence-electron chi connectivity index (χ2n) is 6.55. The summed E-state index contributed by atoms with van der Waals surface area (Å²) in [5.74, 6) is 1.55. The van der Waals surface area contributed by atoms with Crippen molar-refractivity contribution in [1.82, 2.24) is 4.90 Å². The summed E-state index contributed by atoms with van der Waals surface area (Å²) in [6, 6.07) is 10.8.